The molecule has 0 saturated heterocycles. The molecular weight excluding hydrogens is 234 g/mol. The molecule has 3 heteroatoms. The maximum atomic E-state index is 4.63. The second-order valence-corrected chi connectivity index (χ2v) is 5.72. The van der Waals surface area contributed by atoms with E-state index in [-0.39, 0.29) is 0 Å². The largest absolute Gasteiger partial charge is 0.314 e. The van der Waals surface area contributed by atoms with Crippen molar-refractivity contribution < 1.29 is 0 Å². The van der Waals surface area contributed by atoms with Crippen molar-refractivity contribution in [1.82, 2.24) is 15.1 Å². The highest BCUT2D eigenvalue weighted by Gasteiger charge is 2.12. The van der Waals surface area contributed by atoms with E-state index >= 15 is 0 Å². The molecule has 1 aromatic rings. The van der Waals surface area contributed by atoms with Gasteiger partial charge in [0.05, 0.1) is 5.69 Å². The lowest BCUT2D eigenvalue weighted by atomic mass is 9.99. The Morgan fingerprint density at radius 3 is 2.53 bits per heavy atom. The zero-order chi connectivity index (χ0) is 14.3. The molecule has 1 rings (SSSR count). The number of aromatic nitrogens is 2. The fourth-order valence-corrected chi connectivity index (χ4v) is 2.65. The minimum absolute atomic E-state index is 0.635. The molecule has 0 aromatic carbocycles. The van der Waals surface area contributed by atoms with Gasteiger partial charge in [-0.15, -0.1) is 0 Å². The van der Waals surface area contributed by atoms with Gasteiger partial charge in [-0.1, -0.05) is 27.7 Å². The average molecular weight is 265 g/mol. The Labute approximate surface area is 118 Å². The molecule has 0 aliphatic carbocycles. The summed E-state index contributed by atoms with van der Waals surface area (Å²) in [6, 6.07) is 2.91. The summed E-state index contributed by atoms with van der Waals surface area (Å²) in [7, 11) is 0. The van der Waals surface area contributed by atoms with Crippen LogP contribution in [0.15, 0.2) is 6.07 Å². The van der Waals surface area contributed by atoms with Crippen molar-refractivity contribution in [3.8, 4) is 0 Å². The lowest BCUT2D eigenvalue weighted by Gasteiger charge is -2.20. The van der Waals surface area contributed by atoms with Crippen molar-refractivity contribution >= 4 is 0 Å². The monoisotopic (exact) mass is 265 g/mol. The molecule has 1 N–H and O–H groups in total. The van der Waals surface area contributed by atoms with Gasteiger partial charge in [-0.2, -0.15) is 5.10 Å². The molecule has 19 heavy (non-hydrogen) atoms. The van der Waals surface area contributed by atoms with Crippen LogP contribution in [0.25, 0.3) is 0 Å². The number of hydrogen-bond acceptors (Lipinski definition) is 2. The molecule has 110 valence electrons. The predicted molar refractivity (Wildman–Crippen MR) is 82.5 cm³/mol. The first-order valence-corrected chi connectivity index (χ1v) is 7.89. The van der Waals surface area contributed by atoms with Crippen LogP contribution in [0.3, 0.4) is 0 Å². The molecular formula is C16H31N3. The van der Waals surface area contributed by atoms with Crippen molar-refractivity contribution in [2.24, 2.45) is 5.92 Å². The van der Waals surface area contributed by atoms with Crippen LogP contribution in [0.2, 0.25) is 0 Å². The number of nitrogens with zero attached hydrogens (tertiary/aromatic N) is 2. The van der Waals surface area contributed by atoms with Crippen molar-refractivity contribution in [3.63, 3.8) is 0 Å². The number of nitrogens with one attached hydrogen (secondary N) is 1. The van der Waals surface area contributed by atoms with Gasteiger partial charge in [0.25, 0.3) is 0 Å². The van der Waals surface area contributed by atoms with Gasteiger partial charge in [-0.3, -0.25) is 4.68 Å². The normalized spacial score (nSPS) is 13.2. The van der Waals surface area contributed by atoms with Crippen LogP contribution >= 0.6 is 0 Å². The van der Waals surface area contributed by atoms with Crippen LogP contribution in [0.1, 0.15) is 58.8 Å². The number of rotatable bonds is 9. The van der Waals surface area contributed by atoms with Gasteiger partial charge in [0.1, 0.15) is 0 Å². The van der Waals surface area contributed by atoms with Gasteiger partial charge in [0.2, 0.25) is 0 Å². The van der Waals surface area contributed by atoms with E-state index in [9.17, 15) is 0 Å². The van der Waals surface area contributed by atoms with E-state index in [1.165, 1.54) is 24.2 Å². The van der Waals surface area contributed by atoms with Gasteiger partial charge < -0.3 is 5.32 Å². The molecule has 0 radical (unpaired) electrons. The number of hydrogen-bond donors (Lipinski definition) is 1. The molecule has 1 heterocycles. The van der Waals surface area contributed by atoms with Crippen LogP contribution in [0.5, 0.6) is 0 Å². The molecule has 1 atom stereocenters. The molecule has 0 fully saturated rings. The maximum absolute atomic E-state index is 4.63. The lowest BCUT2D eigenvalue weighted by molar-refractivity contribution is 0.401. The van der Waals surface area contributed by atoms with Crippen LogP contribution in [0, 0.1) is 5.92 Å². The zero-order valence-electron chi connectivity index (χ0n) is 13.4. The molecule has 0 amide bonds. The first kappa shape index (κ1) is 16.2. The summed E-state index contributed by atoms with van der Waals surface area (Å²) < 4.78 is 2.16. The Bertz CT molecular complexity index is 355. The second-order valence-electron chi connectivity index (χ2n) is 5.72. The molecule has 1 unspecified atom stereocenters. The van der Waals surface area contributed by atoms with E-state index in [0.717, 1.165) is 31.8 Å². The SMILES string of the molecule is CCNC(CCc1cc(CC)nn1CC)CC(C)C. The average Bonchev–Trinajstić information content (AvgIpc) is 2.78. The Hall–Kier alpha value is -0.830. The molecule has 0 bridgehead atoms. The third kappa shape index (κ3) is 5.35. The Morgan fingerprint density at radius 1 is 1.26 bits per heavy atom. The predicted octanol–water partition coefficient (Wildman–Crippen LogP) is 3.42. The lowest BCUT2D eigenvalue weighted by Crippen LogP contribution is -2.31. The summed E-state index contributed by atoms with van der Waals surface area (Å²) in [6.07, 6.45) is 4.63. The summed E-state index contributed by atoms with van der Waals surface area (Å²) in [6.45, 7) is 13.2. The summed E-state index contributed by atoms with van der Waals surface area (Å²) in [4.78, 5) is 0. The molecule has 1 aromatic heterocycles. The van der Waals surface area contributed by atoms with Gasteiger partial charge in [-0.05, 0) is 51.1 Å². The van der Waals surface area contributed by atoms with Gasteiger partial charge in [0.15, 0.2) is 0 Å². The topological polar surface area (TPSA) is 29.9 Å². The quantitative estimate of drug-likeness (QED) is 0.741. The Kier molecular flexibility index (Phi) is 7.14. The van der Waals surface area contributed by atoms with E-state index in [1.807, 2.05) is 0 Å². The fraction of sp³-hybridized carbons (Fsp3) is 0.812. The van der Waals surface area contributed by atoms with Crippen molar-refractivity contribution in [3.05, 3.63) is 17.5 Å². The third-order valence-corrected chi connectivity index (χ3v) is 3.57. The van der Waals surface area contributed by atoms with Gasteiger partial charge >= 0.3 is 0 Å². The van der Waals surface area contributed by atoms with E-state index in [2.05, 4.69) is 55.8 Å². The van der Waals surface area contributed by atoms with E-state index in [0.29, 0.717) is 6.04 Å². The van der Waals surface area contributed by atoms with Crippen LogP contribution in [-0.2, 0) is 19.4 Å². The minimum atomic E-state index is 0.635. The summed E-state index contributed by atoms with van der Waals surface area (Å²) in [5.41, 5.74) is 2.62. The van der Waals surface area contributed by atoms with Gasteiger partial charge in [-0.25, -0.2) is 0 Å². The van der Waals surface area contributed by atoms with Crippen molar-refractivity contribution in [1.29, 1.82) is 0 Å². The van der Waals surface area contributed by atoms with E-state index < -0.39 is 0 Å². The minimum Gasteiger partial charge on any atom is -0.314 e. The van der Waals surface area contributed by atoms with Crippen LogP contribution in [0.4, 0.5) is 0 Å². The van der Waals surface area contributed by atoms with E-state index in [4.69, 9.17) is 0 Å². The third-order valence-electron chi connectivity index (χ3n) is 3.57. The highest BCUT2D eigenvalue weighted by atomic mass is 15.3. The standard InChI is InChI=1S/C16H31N3/c1-6-14-12-16(19(8-3)18-14)10-9-15(17-7-2)11-13(4)5/h12-13,15,17H,6-11H2,1-5H3. The fourth-order valence-electron chi connectivity index (χ4n) is 2.65. The highest BCUT2D eigenvalue weighted by molar-refractivity contribution is 5.10. The smallest absolute Gasteiger partial charge is 0.0624 e. The van der Waals surface area contributed by atoms with E-state index in [1.54, 1.807) is 0 Å². The molecule has 0 aliphatic heterocycles. The summed E-state index contributed by atoms with van der Waals surface area (Å²) in [5, 5.41) is 8.24. The summed E-state index contributed by atoms with van der Waals surface area (Å²) in [5.74, 6) is 0.756. The first-order valence-electron chi connectivity index (χ1n) is 7.89. The molecule has 0 saturated carbocycles. The van der Waals surface area contributed by atoms with Crippen molar-refractivity contribution in [2.45, 2.75) is 72.9 Å². The number of aryl methyl sites for hydroxylation is 3. The zero-order valence-corrected chi connectivity index (χ0v) is 13.4. The highest BCUT2D eigenvalue weighted by Crippen LogP contribution is 2.13. The van der Waals surface area contributed by atoms with Crippen LogP contribution in [-0.4, -0.2) is 22.4 Å². The Balaban J connectivity index is 2.59. The summed E-state index contributed by atoms with van der Waals surface area (Å²) >= 11 is 0. The molecule has 0 aliphatic rings. The Morgan fingerprint density at radius 2 is 2.00 bits per heavy atom. The van der Waals surface area contributed by atoms with Gasteiger partial charge in [0, 0.05) is 18.3 Å². The van der Waals surface area contributed by atoms with Crippen molar-refractivity contribution in [2.75, 3.05) is 6.54 Å². The van der Waals surface area contributed by atoms with Crippen LogP contribution < -0.4 is 5.32 Å². The first-order chi connectivity index (χ1) is 9.10. The molecule has 3 nitrogen and oxygen atoms in total. The second kappa shape index (κ2) is 8.36. The molecule has 0 spiro atoms. The maximum Gasteiger partial charge on any atom is 0.0624 e.